The number of carbonyl (C=O) groups is 3. The summed E-state index contributed by atoms with van der Waals surface area (Å²) in [4.78, 5) is 35.6. The number of benzene rings is 2. The fourth-order valence-corrected chi connectivity index (χ4v) is 2.68. The molecule has 0 bridgehead atoms. The smallest absolute Gasteiger partial charge is 0.257 e. The van der Waals surface area contributed by atoms with E-state index in [9.17, 15) is 14.4 Å². The van der Waals surface area contributed by atoms with Crippen molar-refractivity contribution in [1.29, 1.82) is 0 Å². The monoisotopic (exact) mass is 323 g/mol. The molecule has 0 fully saturated rings. The third-order valence-corrected chi connectivity index (χ3v) is 3.80. The summed E-state index contributed by atoms with van der Waals surface area (Å²) in [7, 11) is 0. The Hall–Kier alpha value is -3.15. The first-order chi connectivity index (χ1) is 11.6. The largest absolute Gasteiger partial charge is 0.380 e. The molecule has 2 amide bonds. The molecule has 0 spiro atoms. The third kappa shape index (κ3) is 3.12. The standard InChI is InChI=1S/C18H17N3O3/c1-11-9-16(23)20-15-8-4-6-13(17(15)19-11)18(24)21-14-7-3-2-5-12(14)10-22/h2-8,10-11,19H,9H2,1H3,(H,20,23)(H,21,24). The molecule has 6 nitrogen and oxygen atoms in total. The average molecular weight is 323 g/mol. The molecule has 6 heteroatoms. The van der Waals surface area contributed by atoms with Gasteiger partial charge in [0.1, 0.15) is 0 Å². The van der Waals surface area contributed by atoms with E-state index in [2.05, 4.69) is 16.0 Å². The van der Waals surface area contributed by atoms with Gasteiger partial charge in [0.15, 0.2) is 6.29 Å². The van der Waals surface area contributed by atoms with Crippen LogP contribution in [0.15, 0.2) is 42.5 Å². The van der Waals surface area contributed by atoms with Gasteiger partial charge in [-0.25, -0.2) is 0 Å². The first kappa shape index (κ1) is 15.7. The van der Waals surface area contributed by atoms with Gasteiger partial charge in [-0.3, -0.25) is 14.4 Å². The summed E-state index contributed by atoms with van der Waals surface area (Å²) in [6, 6.07) is 11.8. The lowest BCUT2D eigenvalue weighted by Crippen LogP contribution is -2.20. The van der Waals surface area contributed by atoms with E-state index in [0.29, 0.717) is 40.9 Å². The molecular weight excluding hydrogens is 306 g/mol. The second kappa shape index (κ2) is 6.54. The molecule has 0 saturated heterocycles. The van der Waals surface area contributed by atoms with Crippen molar-refractivity contribution >= 4 is 35.2 Å². The van der Waals surface area contributed by atoms with E-state index in [-0.39, 0.29) is 17.9 Å². The molecule has 0 aromatic heterocycles. The van der Waals surface area contributed by atoms with E-state index in [1.165, 1.54) is 0 Å². The van der Waals surface area contributed by atoms with Gasteiger partial charge >= 0.3 is 0 Å². The van der Waals surface area contributed by atoms with E-state index in [1.54, 1.807) is 42.5 Å². The number of hydrogen-bond donors (Lipinski definition) is 3. The van der Waals surface area contributed by atoms with Crippen LogP contribution in [0.3, 0.4) is 0 Å². The predicted molar refractivity (Wildman–Crippen MR) is 92.6 cm³/mol. The number of anilines is 3. The molecule has 1 atom stereocenters. The summed E-state index contributed by atoms with van der Waals surface area (Å²) < 4.78 is 0. The Kier molecular flexibility index (Phi) is 4.29. The van der Waals surface area contributed by atoms with Crippen molar-refractivity contribution in [3.05, 3.63) is 53.6 Å². The van der Waals surface area contributed by atoms with Crippen LogP contribution in [-0.2, 0) is 4.79 Å². The fraction of sp³-hybridized carbons (Fsp3) is 0.167. The Morgan fingerprint density at radius 3 is 2.79 bits per heavy atom. The maximum atomic E-state index is 12.7. The van der Waals surface area contributed by atoms with Gasteiger partial charge in [-0.1, -0.05) is 18.2 Å². The van der Waals surface area contributed by atoms with E-state index >= 15 is 0 Å². The van der Waals surface area contributed by atoms with Gasteiger partial charge in [-0.15, -0.1) is 0 Å². The predicted octanol–water partition coefficient (Wildman–Crippen LogP) is 2.89. The van der Waals surface area contributed by atoms with Gasteiger partial charge in [-0.2, -0.15) is 0 Å². The summed E-state index contributed by atoms with van der Waals surface area (Å²) in [5.74, 6) is -0.449. The van der Waals surface area contributed by atoms with Crippen LogP contribution in [0, 0.1) is 0 Å². The molecule has 1 aliphatic rings. The van der Waals surface area contributed by atoms with Crippen LogP contribution in [0.5, 0.6) is 0 Å². The number of carbonyl (C=O) groups excluding carboxylic acids is 3. The maximum absolute atomic E-state index is 12.7. The molecule has 122 valence electrons. The minimum absolute atomic E-state index is 0.0949. The van der Waals surface area contributed by atoms with Gasteiger partial charge in [0.2, 0.25) is 5.91 Å². The molecular formula is C18H17N3O3. The van der Waals surface area contributed by atoms with Crippen molar-refractivity contribution in [2.75, 3.05) is 16.0 Å². The van der Waals surface area contributed by atoms with Crippen LogP contribution in [0.1, 0.15) is 34.1 Å². The first-order valence-electron chi connectivity index (χ1n) is 7.63. The molecule has 1 heterocycles. The van der Waals surface area contributed by atoms with E-state index in [0.717, 1.165) is 0 Å². The Balaban J connectivity index is 1.95. The SMILES string of the molecule is CC1CC(=O)Nc2cccc(C(=O)Nc3ccccc3C=O)c2N1. The van der Waals surface area contributed by atoms with Crippen molar-refractivity contribution in [2.24, 2.45) is 0 Å². The molecule has 3 rings (SSSR count). The van der Waals surface area contributed by atoms with Gasteiger partial charge in [0.25, 0.3) is 5.91 Å². The lowest BCUT2D eigenvalue weighted by Gasteiger charge is -2.16. The van der Waals surface area contributed by atoms with Gasteiger partial charge in [-0.05, 0) is 31.2 Å². The Labute approximate surface area is 139 Å². The number of rotatable bonds is 3. The second-order valence-electron chi connectivity index (χ2n) is 5.69. The van der Waals surface area contributed by atoms with Crippen LogP contribution in [0.25, 0.3) is 0 Å². The normalized spacial score (nSPS) is 16.2. The Bertz CT molecular complexity index is 817. The number of fused-ring (bicyclic) bond motifs is 1. The number of hydrogen-bond acceptors (Lipinski definition) is 4. The van der Waals surface area contributed by atoms with Crippen LogP contribution in [-0.4, -0.2) is 24.1 Å². The zero-order chi connectivity index (χ0) is 17.1. The highest BCUT2D eigenvalue weighted by Gasteiger charge is 2.22. The van der Waals surface area contributed by atoms with E-state index in [1.807, 2.05) is 6.92 Å². The van der Waals surface area contributed by atoms with Crippen LogP contribution in [0.4, 0.5) is 17.1 Å². The van der Waals surface area contributed by atoms with Gasteiger partial charge < -0.3 is 16.0 Å². The lowest BCUT2D eigenvalue weighted by atomic mass is 10.1. The van der Waals surface area contributed by atoms with Crippen LogP contribution >= 0.6 is 0 Å². The number of para-hydroxylation sites is 2. The van der Waals surface area contributed by atoms with Crippen molar-refractivity contribution < 1.29 is 14.4 Å². The van der Waals surface area contributed by atoms with Crippen molar-refractivity contribution in [3.8, 4) is 0 Å². The zero-order valence-electron chi connectivity index (χ0n) is 13.1. The lowest BCUT2D eigenvalue weighted by molar-refractivity contribution is -0.116. The Morgan fingerprint density at radius 1 is 1.21 bits per heavy atom. The van der Waals surface area contributed by atoms with E-state index < -0.39 is 0 Å². The van der Waals surface area contributed by atoms with Gasteiger partial charge in [0.05, 0.1) is 22.6 Å². The molecule has 3 N–H and O–H groups in total. The Morgan fingerprint density at radius 2 is 2.00 bits per heavy atom. The molecule has 1 aliphatic heterocycles. The molecule has 0 radical (unpaired) electrons. The highest BCUT2D eigenvalue weighted by atomic mass is 16.2. The fourth-order valence-electron chi connectivity index (χ4n) is 2.68. The molecule has 2 aromatic carbocycles. The van der Waals surface area contributed by atoms with Crippen molar-refractivity contribution in [1.82, 2.24) is 0 Å². The zero-order valence-corrected chi connectivity index (χ0v) is 13.1. The summed E-state index contributed by atoms with van der Waals surface area (Å²) in [5.41, 5.74) is 2.41. The first-order valence-corrected chi connectivity index (χ1v) is 7.63. The summed E-state index contributed by atoms with van der Waals surface area (Å²) in [6.07, 6.45) is 1.02. The number of nitrogens with one attached hydrogen (secondary N) is 3. The topological polar surface area (TPSA) is 87.3 Å². The van der Waals surface area contributed by atoms with Crippen molar-refractivity contribution in [3.63, 3.8) is 0 Å². The average Bonchev–Trinajstić information content (AvgIpc) is 2.71. The molecule has 1 unspecified atom stereocenters. The summed E-state index contributed by atoms with van der Waals surface area (Å²) in [6.45, 7) is 1.88. The highest BCUT2D eigenvalue weighted by Crippen LogP contribution is 2.30. The minimum Gasteiger partial charge on any atom is -0.380 e. The minimum atomic E-state index is -0.350. The molecule has 0 saturated carbocycles. The number of amides is 2. The quantitative estimate of drug-likeness (QED) is 0.758. The second-order valence-corrected chi connectivity index (χ2v) is 5.69. The third-order valence-electron chi connectivity index (χ3n) is 3.80. The van der Waals surface area contributed by atoms with Crippen molar-refractivity contribution in [2.45, 2.75) is 19.4 Å². The molecule has 2 aromatic rings. The van der Waals surface area contributed by atoms with E-state index in [4.69, 9.17) is 0 Å². The number of aldehydes is 1. The van der Waals surface area contributed by atoms with Crippen LogP contribution < -0.4 is 16.0 Å². The summed E-state index contributed by atoms with van der Waals surface area (Å²) in [5, 5.41) is 8.75. The molecule has 24 heavy (non-hydrogen) atoms. The summed E-state index contributed by atoms with van der Waals surface area (Å²) >= 11 is 0. The molecule has 0 aliphatic carbocycles. The van der Waals surface area contributed by atoms with Crippen LogP contribution in [0.2, 0.25) is 0 Å². The van der Waals surface area contributed by atoms with Gasteiger partial charge in [0, 0.05) is 18.0 Å². The maximum Gasteiger partial charge on any atom is 0.257 e. The highest BCUT2D eigenvalue weighted by molar-refractivity contribution is 6.12.